The lowest BCUT2D eigenvalue weighted by Gasteiger charge is -2.31. The molecule has 22 heavy (non-hydrogen) atoms. The zero-order valence-corrected chi connectivity index (χ0v) is 12.8. The quantitative estimate of drug-likeness (QED) is 0.781. The van der Waals surface area contributed by atoms with Crippen molar-refractivity contribution in [1.29, 1.82) is 0 Å². The Kier molecular flexibility index (Phi) is 4.31. The van der Waals surface area contributed by atoms with Crippen LogP contribution in [0, 0.1) is 5.92 Å². The van der Waals surface area contributed by atoms with Gasteiger partial charge in [-0.2, -0.15) is 5.10 Å². The van der Waals surface area contributed by atoms with Crippen molar-refractivity contribution in [3.05, 3.63) is 11.8 Å². The van der Waals surface area contributed by atoms with E-state index in [0.29, 0.717) is 50.6 Å². The molecule has 0 saturated carbocycles. The molecule has 1 amide bonds. The molecule has 1 aromatic rings. The van der Waals surface area contributed by atoms with Crippen LogP contribution in [0.5, 0.6) is 5.88 Å². The summed E-state index contributed by atoms with van der Waals surface area (Å²) in [5.41, 5.74) is 0.522. The monoisotopic (exact) mass is 307 g/mol. The molecule has 0 bridgehead atoms. The fourth-order valence-corrected chi connectivity index (χ4v) is 2.96. The van der Waals surface area contributed by atoms with E-state index in [9.17, 15) is 9.59 Å². The molecule has 0 radical (unpaired) electrons. The Labute approximate surface area is 129 Å². The minimum atomic E-state index is -0.152. The molecule has 2 aliphatic rings. The molecule has 0 N–H and O–H groups in total. The van der Waals surface area contributed by atoms with E-state index in [1.807, 2.05) is 0 Å². The van der Waals surface area contributed by atoms with E-state index in [1.165, 1.54) is 0 Å². The van der Waals surface area contributed by atoms with Crippen LogP contribution in [0.4, 0.5) is 0 Å². The van der Waals surface area contributed by atoms with E-state index >= 15 is 0 Å². The number of piperidine rings is 1. The number of aryl methyl sites for hydroxylation is 1. The van der Waals surface area contributed by atoms with Crippen LogP contribution in [0.15, 0.2) is 6.20 Å². The predicted molar refractivity (Wildman–Crippen MR) is 77.6 cm³/mol. The maximum atomic E-state index is 12.6. The molecule has 3 heterocycles. The van der Waals surface area contributed by atoms with Crippen LogP contribution in [0.25, 0.3) is 0 Å². The number of fused-ring (bicyclic) bond motifs is 1. The highest BCUT2D eigenvalue weighted by molar-refractivity contribution is 5.96. The number of amides is 1. The largest absolute Gasteiger partial charge is 0.477 e. The molecule has 0 aliphatic carbocycles. The van der Waals surface area contributed by atoms with E-state index in [4.69, 9.17) is 9.47 Å². The van der Waals surface area contributed by atoms with Crippen molar-refractivity contribution < 1.29 is 19.1 Å². The first-order valence-electron chi connectivity index (χ1n) is 7.85. The topological polar surface area (TPSA) is 73.7 Å². The zero-order chi connectivity index (χ0) is 15.5. The van der Waals surface area contributed by atoms with Crippen molar-refractivity contribution in [2.75, 3.05) is 26.3 Å². The van der Waals surface area contributed by atoms with Gasteiger partial charge in [0.1, 0.15) is 5.56 Å². The van der Waals surface area contributed by atoms with E-state index < -0.39 is 0 Å². The first kappa shape index (κ1) is 14.9. The second-order valence-electron chi connectivity index (χ2n) is 5.61. The van der Waals surface area contributed by atoms with E-state index in [2.05, 4.69) is 5.10 Å². The number of esters is 1. The molecular formula is C15H21N3O4. The van der Waals surface area contributed by atoms with E-state index in [1.54, 1.807) is 22.7 Å². The third-order valence-corrected chi connectivity index (χ3v) is 4.18. The van der Waals surface area contributed by atoms with Crippen LogP contribution in [0.2, 0.25) is 0 Å². The molecule has 1 fully saturated rings. The van der Waals surface area contributed by atoms with Gasteiger partial charge in [-0.3, -0.25) is 9.59 Å². The summed E-state index contributed by atoms with van der Waals surface area (Å²) in [5, 5.41) is 4.21. The molecule has 120 valence electrons. The minimum absolute atomic E-state index is 0.0644. The molecule has 0 spiro atoms. The summed E-state index contributed by atoms with van der Waals surface area (Å²) < 4.78 is 12.4. The number of carbonyl (C=O) groups is 2. The molecule has 2 aliphatic heterocycles. The summed E-state index contributed by atoms with van der Waals surface area (Å²) in [7, 11) is 0. The standard InChI is InChI=1S/C15H21N3O4/c1-2-21-15(20)11-4-7-17(8-5-11)13(19)12-10-16-18-6-3-9-22-14(12)18/h10-11H,2-9H2,1H3. The number of likely N-dealkylation sites (tertiary alicyclic amines) is 1. The Morgan fingerprint density at radius 2 is 2.14 bits per heavy atom. The van der Waals surface area contributed by atoms with Crippen LogP contribution in [-0.4, -0.2) is 52.9 Å². The fourth-order valence-electron chi connectivity index (χ4n) is 2.96. The number of hydrogen-bond donors (Lipinski definition) is 0. The molecule has 1 aromatic heterocycles. The van der Waals surface area contributed by atoms with Gasteiger partial charge in [0.05, 0.1) is 25.3 Å². The molecular weight excluding hydrogens is 286 g/mol. The van der Waals surface area contributed by atoms with Crippen LogP contribution < -0.4 is 4.74 Å². The highest BCUT2D eigenvalue weighted by Crippen LogP contribution is 2.26. The van der Waals surface area contributed by atoms with Crippen LogP contribution in [-0.2, 0) is 16.1 Å². The Bertz CT molecular complexity index is 561. The summed E-state index contributed by atoms with van der Waals surface area (Å²) in [5.74, 6) is 0.261. The van der Waals surface area contributed by atoms with Gasteiger partial charge in [-0.05, 0) is 19.8 Å². The van der Waals surface area contributed by atoms with Gasteiger partial charge in [-0.15, -0.1) is 0 Å². The molecule has 0 unspecified atom stereocenters. The lowest BCUT2D eigenvalue weighted by Crippen LogP contribution is -2.40. The second kappa shape index (κ2) is 6.37. The Morgan fingerprint density at radius 1 is 1.36 bits per heavy atom. The molecule has 3 rings (SSSR count). The van der Waals surface area contributed by atoms with Crippen molar-refractivity contribution in [3.8, 4) is 5.88 Å². The summed E-state index contributed by atoms with van der Waals surface area (Å²) in [6, 6.07) is 0. The van der Waals surface area contributed by atoms with Gasteiger partial charge in [0.25, 0.3) is 5.91 Å². The van der Waals surface area contributed by atoms with Gasteiger partial charge >= 0.3 is 5.97 Å². The number of rotatable bonds is 3. The SMILES string of the molecule is CCOC(=O)C1CCN(C(=O)c2cnn3c2OCCC3)CC1. The summed E-state index contributed by atoms with van der Waals surface area (Å²) in [6.07, 6.45) is 3.79. The van der Waals surface area contributed by atoms with Crippen LogP contribution in [0.3, 0.4) is 0 Å². The highest BCUT2D eigenvalue weighted by atomic mass is 16.5. The normalized spacial score (nSPS) is 18.5. The van der Waals surface area contributed by atoms with Gasteiger partial charge in [0.2, 0.25) is 5.88 Å². The average molecular weight is 307 g/mol. The number of nitrogens with zero attached hydrogens (tertiary/aromatic N) is 3. The minimum Gasteiger partial charge on any atom is -0.477 e. The fraction of sp³-hybridized carbons (Fsp3) is 0.667. The van der Waals surface area contributed by atoms with Crippen LogP contribution >= 0.6 is 0 Å². The van der Waals surface area contributed by atoms with Gasteiger partial charge < -0.3 is 14.4 Å². The third-order valence-electron chi connectivity index (χ3n) is 4.18. The molecule has 0 atom stereocenters. The van der Waals surface area contributed by atoms with Gasteiger partial charge in [-0.25, -0.2) is 4.68 Å². The second-order valence-corrected chi connectivity index (χ2v) is 5.61. The number of carbonyl (C=O) groups excluding carboxylic acids is 2. The van der Waals surface area contributed by atoms with E-state index in [0.717, 1.165) is 13.0 Å². The summed E-state index contributed by atoms with van der Waals surface area (Å²) in [4.78, 5) is 26.1. The third kappa shape index (κ3) is 2.80. The number of ether oxygens (including phenoxy) is 2. The number of hydrogen-bond acceptors (Lipinski definition) is 5. The Balaban J connectivity index is 1.63. The molecule has 0 aromatic carbocycles. The summed E-state index contributed by atoms with van der Waals surface area (Å²) >= 11 is 0. The molecule has 7 heteroatoms. The Morgan fingerprint density at radius 3 is 2.86 bits per heavy atom. The van der Waals surface area contributed by atoms with E-state index in [-0.39, 0.29) is 17.8 Å². The lowest BCUT2D eigenvalue weighted by atomic mass is 9.96. The Hall–Kier alpha value is -2.05. The number of aromatic nitrogens is 2. The highest BCUT2D eigenvalue weighted by Gasteiger charge is 2.31. The van der Waals surface area contributed by atoms with Crippen LogP contribution in [0.1, 0.15) is 36.5 Å². The van der Waals surface area contributed by atoms with Crippen molar-refractivity contribution in [1.82, 2.24) is 14.7 Å². The van der Waals surface area contributed by atoms with Gasteiger partial charge in [0.15, 0.2) is 0 Å². The maximum Gasteiger partial charge on any atom is 0.309 e. The lowest BCUT2D eigenvalue weighted by molar-refractivity contribution is -0.149. The first-order chi connectivity index (χ1) is 10.7. The van der Waals surface area contributed by atoms with Crippen molar-refractivity contribution >= 4 is 11.9 Å². The molecule has 1 saturated heterocycles. The average Bonchev–Trinajstić information content (AvgIpc) is 2.98. The first-order valence-corrected chi connectivity index (χ1v) is 7.85. The molecule has 7 nitrogen and oxygen atoms in total. The van der Waals surface area contributed by atoms with Crippen molar-refractivity contribution in [2.45, 2.75) is 32.7 Å². The maximum absolute atomic E-state index is 12.6. The van der Waals surface area contributed by atoms with Crippen molar-refractivity contribution in [3.63, 3.8) is 0 Å². The van der Waals surface area contributed by atoms with Gasteiger partial charge in [-0.1, -0.05) is 0 Å². The van der Waals surface area contributed by atoms with Gasteiger partial charge in [0, 0.05) is 26.1 Å². The predicted octanol–water partition coefficient (Wildman–Crippen LogP) is 1.08. The smallest absolute Gasteiger partial charge is 0.309 e. The zero-order valence-electron chi connectivity index (χ0n) is 12.8. The van der Waals surface area contributed by atoms with Crippen molar-refractivity contribution in [2.24, 2.45) is 5.92 Å². The summed E-state index contributed by atoms with van der Waals surface area (Å²) in [6.45, 7) is 4.74.